The molecule has 1 aliphatic heterocycles. The molecular weight excluding hydrogens is 410 g/mol. The van der Waals surface area contributed by atoms with Crippen molar-refractivity contribution in [2.45, 2.75) is 27.0 Å². The van der Waals surface area contributed by atoms with Crippen LogP contribution >= 0.6 is 0 Å². The van der Waals surface area contributed by atoms with E-state index in [0.717, 1.165) is 39.7 Å². The molecule has 1 aromatic heterocycles. The lowest BCUT2D eigenvalue weighted by atomic mass is 10.0. The fourth-order valence-corrected chi connectivity index (χ4v) is 4.27. The lowest BCUT2D eigenvalue weighted by molar-refractivity contribution is 0.101. The molecule has 4 heteroatoms. The third kappa shape index (κ3) is 3.85. The zero-order chi connectivity index (χ0) is 22.9. The Hall–Kier alpha value is -4.05. The van der Waals surface area contributed by atoms with Crippen LogP contribution in [0.25, 0.3) is 23.1 Å². The van der Waals surface area contributed by atoms with Gasteiger partial charge in [0.05, 0.1) is 5.56 Å². The summed E-state index contributed by atoms with van der Waals surface area (Å²) in [7, 11) is 0. The average molecular weight is 436 g/mol. The first-order valence-corrected chi connectivity index (χ1v) is 11.1. The van der Waals surface area contributed by atoms with Crippen LogP contribution < -0.4 is 9.47 Å². The zero-order valence-electron chi connectivity index (χ0n) is 18.8. The molecule has 164 valence electrons. The van der Waals surface area contributed by atoms with Crippen molar-refractivity contribution in [1.82, 2.24) is 4.57 Å². The molecule has 0 bridgehead atoms. The molecule has 3 aromatic carbocycles. The molecule has 0 N–H and O–H groups in total. The molecular formula is C29H25NO3. The number of hydrogen-bond acceptors (Lipinski definition) is 3. The predicted molar refractivity (Wildman–Crippen MR) is 133 cm³/mol. The maximum absolute atomic E-state index is 13.1. The first kappa shape index (κ1) is 20.8. The van der Waals surface area contributed by atoms with Gasteiger partial charge in [0.15, 0.2) is 5.76 Å². The van der Waals surface area contributed by atoms with Gasteiger partial charge in [0, 0.05) is 35.3 Å². The van der Waals surface area contributed by atoms with Gasteiger partial charge in [0.2, 0.25) is 5.78 Å². The topological polar surface area (TPSA) is 40.5 Å². The second-order valence-corrected chi connectivity index (χ2v) is 8.18. The maximum Gasteiger partial charge on any atom is 0.232 e. The second kappa shape index (κ2) is 8.47. The Kier molecular flexibility index (Phi) is 5.35. The molecule has 4 aromatic rings. The number of nitrogens with zero attached hydrogens (tertiary/aromatic N) is 1. The number of Topliss-reactive ketones (excluding diaryl/α,β-unsaturated/α-hetero) is 1. The number of benzene rings is 3. The minimum atomic E-state index is -0.0950. The Balaban J connectivity index is 1.41. The standard InChI is InChI=1S/C29H25NO3/c1-4-20-10-12-21(13-11-20)18-32-23-14-19(3)28-26(16-23)33-27(29(28)31)15-22-17-30(5-2)25-9-7-6-8-24(22)25/h4,6-17H,1,5,18H2,2-3H3/b27-15-. The van der Waals surface area contributed by atoms with Gasteiger partial charge in [-0.25, -0.2) is 0 Å². The molecule has 0 atom stereocenters. The first-order valence-electron chi connectivity index (χ1n) is 11.1. The number of hydrogen-bond donors (Lipinski definition) is 0. The van der Waals surface area contributed by atoms with Crippen molar-refractivity contribution in [2.75, 3.05) is 0 Å². The lowest BCUT2D eigenvalue weighted by Gasteiger charge is -2.09. The number of ether oxygens (including phenoxy) is 2. The molecule has 2 heterocycles. The largest absolute Gasteiger partial charge is 0.489 e. The molecule has 0 saturated carbocycles. The van der Waals surface area contributed by atoms with Crippen LogP contribution in [0.15, 0.2) is 79.2 Å². The molecule has 1 aliphatic rings. The Bertz CT molecular complexity index is 1410. The van der Waals surface area contributed by atoms with Crippen molar-refractivity contribution in [2.24, 2.45) is 0 Å². The van der Waals surface area contributed by atoms with E-state index in [1.54, 1.807) is 6.07 Å². The molecule has 0 spiro atoms. The van der Waals surface area contributed by atoms with E-state index >= 15 is 0 Å². The highest BCUT2D eigenvalue weighted by atomic mass is 16.5. The molecule has 0 aliphatic carbocycles. The van der Waals surface area contributed by atoms with E-state index < -0.39 is 0 Å². The van der Waals surface area contributed by atoms with Gasteiger partial charge in [0.1, 0.15) is 18.1 Å². The second-order valence-electron chi connectivity index (χ2n) is 8.18. The van der Waals surface area contributed by atoms with Gasteiger partial charge in [0.25, 0.3) is 0 Å². The highest BCUT2D eigenvalue weighted by Gasteiger charge is 2.30. The van der Waals surface area contributed by atoms with Crippen molar-refractivity contribution < 1.29 is 14.3 Å². The summed E-state index contributed by atoms with van der Waals surface area (Å²) >= 11 is 0. The van der Waals surface area contributed by atoms with Gasteiger partial charge in [-0.15, -0.1) is 0 Å². The maximum atomic E-state index is 13.1. The molecule has 0 amide bonds. The highest BCUT2D eigenvalue weighted by molar-refractivity contribution is 6.16. The van der Waals surface area contributed by atoms with Crippen LogP contribution in [0.3, 0.4) is 0 Å². The van der Waals surface area contributed by atoms with Gasteiger partial charge in [-0.3, -0.25) is 4.79 Å². The number of rotatable bonds is 6. The summed E-state index contributed by atoms with van der Waals surface area (Å²) in [6.45, 7) is 9.09. The lowest BCUT2D eigenvalue weighted by Crippen LogP contribution is -2.00. The van der Waals surface area contributed by atoms with Crippen LogP contribution in [0.2, 0.25) is 0 Å². The fraction of sp³-hybridized carbons (Fsp3) is 0.138. The fourth-order valence-electron chi connectivity index (χ4n) is 4.27. The minimum Gasteiger partial charge on any atom is -0.489 e. The third-order valence-corrected chi connectivity index (χ3v) is 6.01. The normalized spacial score (nSPS) is 13.9. The third-order valence-electron chi connectivity index (χ3n) is 6.01. The number of carbonyl (C=O) groups excluding carboxylic acids is 1. The van der Waals surface area contributed by atoms with E-state index in [1.165, 1.54) is 0 Å². The molecule has 5 rings (SSSR count). The average Bonchev–Trinajstić information content (AvgIpc) is 3.35. The summed E-state index contributed by atoms with van der Waals surface area (Å²) in [5.74, 6) is 1.46. The molecule has 4 nitrogen and oxygen atoms in total. The van der Waals surface area contributed by atoms with E-state index in [9.17, 15) is 4.79 Å². The Labute approximate surface area is 193 Å². The summed E-state index contributed by atoms with van der Waals surface area (Å²) in [6.07, 6.45) is 5.72. The number of carbonyl (C=O) groups is 1. The van der Waals surface area contributed by atoms with Crippen molar-refractivity contribution in [3.63, 3.8) is 0 Å². The summed E-state index contributed by atoms with van der Waals surface area (Å²) in [4.78, 5) is 13.1. The van der Waals surface area contributed by atoms with Crippen molar-refractivity contribution >= 4 is 28.8 Å². The monoisotopic (exact) mass is 435 g/mol. The molecule has 0 unspecified atom stereocenters. The van der Waals surface area contributed by atoms with Gasteiger partial charge >= 0.3 is 0 Å². The van der Waals surface area contributed by atoms with Crippen molar-refractivity contribution in [3.05, 3.63) is 107 Å². The molecule has 0 saturated heterocycles. The van der Waals surface area contributed by atoms with Gasteiger partial charge < -0.3 is 14.0 Å². The van der Waals surface area contributed by atoms with Crippen molar-refractivity contribution in [1.29, 1.82) is 0 Å². The SMILES string of the molecule is C=Cc1ccc(COc2cc(C)c3c(c2)O/C(=C\c2cn(CC)c4ccccc24)C3=O)cc1. The number of allylic oxidation sites excluding steroid dienone is 1. The van der Waals surface area contributed by atoms with Crippen LogP contribution in [-0.2, 0) is 13.2 Å². The van der Waals surface area contributed by atoms with E-state index in [0.29, 0.717) is 29.4 Å². The van der Waals surface area contributed by atoms with Crippen LogP contribution in [0, 0.1) is 6.92 Å². The highest BCUT2D eigenvalue weighted by Crippen LogP contribution is 2.38. The van der Waals surface area contributed by atoms with E-state index in [1.807, 2.05) is 61.5 Å². The van der Waals surface area contributed by atoms with Gasteiger partial charge in [-0.1, -0.05) is 55.1 Å². The smallest absolute Gasteiger partial charge is 0.232 e. The van der Waals surface area contributed by atoms with Gasteiger partial charge in [-0.2, -0.15) is 0 Å². The van der Waals surface area contributed by atoms with E-state index in [-0.39, 0.29) is 5.78 Å². The zero-order valence-corrected chi connectivity index (χ0v) is 18.8. The number of para-hydroxylation sites is 1. The van der Waals surface area contributed by atoms with Crippen molar-refractivity contribution in [3.8, 4) is 11.5 Å². The Morgan fingerprint density at radius 2 is 1.88 bits per heavy atom. The Morgan fingerprint density at radius 1 is 1.09 bits per heavy atom. The summed E-state index contributed by atoms with van der Waals surface area (Å²) in [6, 6.07) is 19.9. The predicted octanol–water partition coefficient (Wildman–Crippen LogP) is 6.81. The quantitative estimate of drug-likeness (QED) is 0.312. The number of aromatic nitrogens is 1. The number of aryl methyl sites for hydroxylation is 2. The van der Waals surface area contributed by atoms with E-state index in [4.69, 9.17) is 9.47 Å². The number of fused-ring (bicyclic) bond motifs is 2. The van der Waals surface area contributed by atoms with Crippen LogP contribution in [0.1, 0.15) is 39.5 Å². The molecule has 0 radical (unpaired) electrons. The first-order chi connectivity index (χ1) is 16.1. The molecule has 33 heavy (non-hydrogen) atoms. The van der Waals surface area contributed by atoms with Crippen LogP contribution in [-0.4, -0.2) is 10.4 Å². The summed E-state index contributed by atoms with van der Waals surface area (Å²) < 4.78 is 14.2. The van der Waals surface area contributed by atoms with Crippen LogP contribution in [0.4, 0.5) is 0 Å². The van der Waals surface area contributed by atoms with E-state index in [2.05, 4.69) is 36.4 Å². The van der Waals surface area contributed by atoms with Crippen LogP contribution in [0.5, 0.6) is 11.5 Å². The van der Waals surface area contributed by atoms with Gasteiger partial charge in [-0.05, 0) is 48.7 Å². The summed E-state index contributed by atoms with van der Waals surface area (Å²) in [5, 5.41) is 1.10. The Morgan fingerprint density at radius 3 is 2.64 bits per heavy atom. The number of ketones is 1. The summed E-state index contributed by atoms with van der Waals surface area (Å²) in [5.41, 5.74) is 5.68. The molecule has 0 fully saturated rings. The minimum absolute atomic E-state index is 0.0950.